The fourth-order valence-corrected chi connectivity index (χ4v) is 2.11. The van der Waals surface area contributed by atoms with Gasteiger partial charge in [-0.2, -0.15) is 0 Å². The molecule has 2 aromatic carbocycles. The summed E-state index contributed by atoms with van der Waals surface area (Å²) in [6, 6.07) is 13.9. The van der Waals surface area contributed by atoms with Crippen LogP contribution in [0.4, 0.5) is 5.69 Å². The lowest BCUT2D eigenvalue weighted by Gasteiger charge is -2.13. The summed E-state index contributed by atoms with van der Waals surface area (Å²) in [6.45, 7) is 5.62. The highest BCUT2D eigenvalue weighted by atomic mass is 16.5. The van der Waals surface area contributed by atoms with E-state index < -0.39 is 0 Å². The van der Waals surface area contributed by atoms with Crippen LogP contribution in [0.15, 0.2) is 42.5 Å². The Kier molecular flexibility index (Phi) is 4.88. The second-order valence-electron chi connectivity index (χ2n) is 4.72. The van der Waals surface area contributed by atoms with Crippen molar-refractivity contribution < 1.29 is 9.47 Å². The quantitative estimate of drug-likeness (QED) is 0.811. The molecule has 0 bridgehead atoms. The molecule has 0 atom stereocenters. The third-order valence-corrected chi connectivity index (χ3v) is 3.21. The first-order chi connectivity index (χ1) is 9.70. The summed E-state index contributed by atoms with van der Waals surface area (Å²) >= 11 is 0. The SMILES string of the molecule is COc1ccc(OCCNc2c(C)cccc2C)cc1. The van der Waals surface area contributed by atoms with E-state index in [1.165, 1.54) is 16.8 Å². The molecule has 0 amide bonds. The highest BCUT2D eigenvalue weighted by Gasteiger charge is 2.01. The fraction of sp³-hybridized carbons (Fsp3) is 0.294. The molecule has 0 fully saturated rings. The Hall–Kier alpha value is -2.16. The van der Waals surface area contributed by atoms with Gasteiger partial charge in [0, 0.05) is 12.2 Å². The Morgan fingerprint density at radius 3 is 2.10 bits per heavy atom. The number of benzene rings is 2. The van der Waals surface area contributed by atoms with Crippen molar-refractivity contribution in [3.05, 3.63) is 53.6 Å². The van der Waals surface area contributed by atoms with Crippen molar-refractivity contribution >= 4 is 5.69 Å². The summed E-state index contributed by atoms with van der Waals surface area (Å²) in [4.78, 5) is 0. The van der Waals surface area contributed by atoms with Crippen LogP contribution in [0.1, 0.15) is 11.1 Å². The largest absolute Gasteiger partial charge is 0.497 e. The number of aryl methyl sites for hydroxylation is 2. The van der Waals surface area contributed by atoms with Crippen molar-refractivity contribution in [2.45, 2.75) is 13.8 Å². The van der Waals surface area contributed by atoms with E-state index in [1.54, 1.807) is 7.11 Å². The zero-order chi connectivity index (χ0) is 14.4. The van der Waals surface area contributed by atoms with E-state index in [1.807, 2.05) is 24.3 Å². The molecule has 3 heteroatoms. The summed E-state index contributed by atoms with van der Waals surface area (Å²) < 4.78 is 10.8. The third kappa shape index (κ3) is 3.67. The molecule has 0 aliphatic heterocycles. The van der Waals surface area contributed by atoms with Gasteiger partial charge in [-0.3, -0.25) is 0 Å². The summed E-state index contributed by atoms with van der Waals surface area (Å²) in [5.41, 5.74) is 3.72. The Labute approximate surface area is 120 Å². The van der Waals surface area contributed by atoms with Crippen molar-refractivity contribution in [1.29, 1.82) is 0 Å². The first-order valence-corrected chi connectivity index (χ1v) is 6.77. The molecule has 0 unspecified atom stereocenters. The van der Waals surface area contributed by atoms with Crippen molar-refractivity contribution in [2.24, 2.45) is 0 Å². The minimum absolute atomic E-state index is 0.625. The minimum Gasteiger partial charge on any atom is -0.497 e. The van der Waals surface area contributed by atoms with Gasteiger partial charge in [-0.25, -0.2) is 0 Å². The first kappa shape index (κ1) is 14.3. The average molecular weight is 271 g/mol. The molecule has 2 rings (SSSR count). The summed E-state index contributed by atoms with van der Waals surface area (Å²) in [5, 5.41) is 3.42. The summed E-state index contributed by atoms with van der Waals surface area (Å²) in [7, 11) is 1.66. The van der Waals surface area contributed by atoms with E-state index in [2.05, 4.69) is 37.4 Å². The number of hydrogen-bond acceptors (Lipinski definition) is 3. The Morgan fingerprint density at radius 2 is 1.50 bits per heavy atom. The van der Waals surface area contributed by atoms with Gasteiger partial charge in [-0.05, 0) is 49.2 Å². The van der Waals surface area contributed by atoms with Crippen LogP contribution in [0.25, 0.3) is 0 Å². The van der Waals surface area contributed by atoms with Crippen molar-refractivity contribution in [1.82, 2.24) is 0 Å². The van der Waals surface area contributed by atoms with E-state index in [0.717, 1.165) is 18.0 Å². The maximum atomic E-state index is 5.69. The van der Waals surface area contributed by atoms with Crippen LogP contribution in [0.2, 0.25) is 0 Å². The van der Waals surface area contributed by atoms with E-state index >= 15 is 0 Å². The molecular weight excluding hydrogens is 250 g/mol. The van der Waals surface area contributed by atoms with Gasteiger partial charge in [0.2, 0.25) is 0 Å². The first-order valence-electron chi connectivity index (χ1n) is 6.77. The topological polar surface area (TPSA) is 30.5 Å². The lowest BCUT2D eigenvalue weighted by molar-refractivity contribution is 0.331. The maximum Gasteiger partial charge on any atom is 0.119 e. The molecule has 0 saturated heterocycles. The predicted molar refractivity (Wildman–Crippen MR) is 82.9 cm³/mol. The smallest absolute Gasteiger partial charge is 0.119 e. The number of ether oxygens (including phenoxy) is 2. The van der Waals surface area contributed by atoms with Crippen LogP contribution in [0, 0.1) is 13.8 Å². The molecular formula is C17H21NO2. The maximum absolute atomic E-state index is 5.69. The molecule has 1 N–H and O–H groups in total. The van der Waals surface area contributed by atoms with E-state index in [0.29, 0.717) is 6.61 Å². The molecule has 0 heterocycles. The predicted octanol–water partition coefficient (Wildman–Crippen LogP) is 3.80. The van der Waals surface area contributed by atoms with Crippen LogP contribution in [0.5, 0.6) is 11.5 Å². The van der Waals surface area contributed by atoms with E-state index in [-0.39, 0.29) is 0 Å². The number of hydrogen-bond donors (Lipinski definition) is 1. The summed E-state index contributed by atoms with van der Waals surface area (Å²) in [6.07, 6.45) is 0. The Bertz CT molecular complexity index is 529. The molecule has 106 valence electrons. The van der Waals surface area contributed by atoms with Gasteiger partial charge < -0.3 is 14.8 Å². The molecule has 0 saturated carbocycles. The molecule has 0 aliphatic rings. The van der Waals surface area contributed by atoms with Crippen molar-refractivity contribution in [2.75, 3.05) is 25.6 Å². The monoisotopic (exact) mass is 271 g/mol. The second kappa shape index (κ2) is 6.85. The number of anilines is 1. The summed E-state index contributed by atoms with van der Waals surface area (Å²) in [5.74, 6) is 1.69. The van der Waals surface area contributed by atoms with Crippen LogP contribution in [-0.2, 0) is 0 Å². The van der Waals surface area contributed by atoms with Crippen LogP contribution in [-0.4, -0.2) is 20.3 Å². The van der Waals surface area contributed by atoms with Gasteiger partial charge >= 0.3 is 0 Å². The molecule has 0 aliphatic carbocycles. The Morgan fingerprint density at radius 1 is 0.900 bits per heavy atom. The highest BCUT2D eigenvalue weighted by molar-refractivity contribution is 5.56. The number of rotatable bonds is 6. The van der Waals surface area contributed by atoms with Crippen molar-refractivity contribution in [3.8, 4) is 11.5 Å². The number of para-hydroxylation sites is 1. The van der Waals surface area contributed by atoms with Gasteiger partial charge in [-0.1, -0.05) is 18.2 Å². The minimum atomic E-state index is 0.625. The lowest BCUT2D eigenvalue weighted by atomic mass is 10.1. The standard InChI is InChI=1S/C17H21NO2/c1-13-5-4-6-14(2)17(13)18-11-12-20-16-9-7-15(19-3)8-10-16/h4-10,18H,11-12H2,1-3H3. The fourth-order valence-electron chi connectivity index (χ4n) is 2.11. The molecule has 0 aromatic heterocycles. The van der Waals surface area contributed by atoms with E-state index in [9.17, 15) is 0 Å². The normalized spacial score (nSPS) is 10.2. The highest BCUT2D eigenvalue weighted by Crippen LogP contribution is 2.19. The average Bonchev–Trinajstić information content (AvgIpc) is 2.46. The third-order valence-electron chi connectivity index (χ3n) is 3.21. The molecule has 0 radical (unpaired) electrons. The van der Waals surface area contributed by atoms with Crippen molar-refractivity contribution in [3.63, 3.8) is 0 Å². The van der Waals surface area contributed by atoms with Gasteiger partial charge in [0.1, 0.15) is 18.1 Å². The second-order valence-corrected chi connectivity index (χ2v) is 4.72. The van der Waals surface area contributed by atoms with Gasteiger partial charge in [0.25, 0.3) is 0 Å². The van der Waals surface area contributed by atoms with Crippen LogP contribution in [0.3, 0.4) is 0 Å². The number of methoxy groups -OCH3 is 1. The van der Waals surface area contributed by atoms with Gasteiger partial charge in [0.05, 0.1) is 7.11 Å². The Balaban J connectivity index is 1.81. The molecule has 3 nitrogen and oxygen atoms in total. The zero-order valence-electron chi connectivity index (χ0n) is 12.3. The van der Waals surface area contributed by atoms with E-state index in [4.69, 9.17) is 9.47 Å². The van der Waals surface area contributed by atoms with Gasteiger partial charge in [0.15, 0.2) is 0 Å². The van der Waals surface area contributed by atoms with Crippen LogP contribution >= 0.6 is 0 Å². The molecule has 0 spiro atoms. The molecule has 2 aromatic rings. The lowest BCUT2D eigenvalue weighted by Crippen LogP contribution is -2.12. The number of nitrogens with one attached hydrogen (secondary N) is 1. The van der Waals surface area contributed by atoms with Gasteiger partial charge in [-0.15, -0.1) is 0 Å². The van der Waals surface area contributed by atoms with Crippen LogP contribution < -0.4 is 14.8 Å². The molecule has 20 heavy (non-hydrogen) atoms. The zero-order valence-corrected chi connectivity index (χ0v) is 12.3.